The molecule has 0 fully saturated rings. The van der Waals surface area contributed by atoms with Gasteiger partial charge in [-0.1, -0.05) is 54.1 Å². The first kappa shape index (κ1) is 19.5. The maximum Gasteiger partial charge on any atom is 0.352 e. The highest BCUT2D eigenvalue weighted by molar-refractivity contribution is 6.30. The van der Waals surface area contributed by atoms with Crippen molar-refractivity contribution in [3.8, 4) is 0 Å². The van der Waals surface area contributed by atoms with Gasteiger partial charge in [-0.3, -0.25) is 4.79 Å². The van der Waals surface area contributed by atoms with E-state index < -0.39 is 17.9 Å². The number of fused-ring (bicyclic) bond motifs is 1. The summed E-state index contributed by atoms with van der Waals surface area (Å²) in [4.78, 5) is 24.4. The molecule has 0 radical (unpaired) electrons. The Kier molecular flexibility index (Phi) is 5.36. The minimum Gasteiger partial charge on any atom is -0.477 e. The van der Waals surface area contributed by atoms with Crippen molar-refractivity contribution in [3.05, 3.63) is 94.8 Å². The van der Waals surface area contributed by atoms with Gasteiger partial charge in [0.25, 0.3) is 5.91 Å². The van der Waals surface area contributed by atoms with Crippen LogP contribution in [-0.2, 0) is 4.79 Å². The number of carbonyl (C=O) groups is 2. The SMILES string of the molecule is O=C(O)C1=CC(/C=C/c2ccccc2)n2ncc(C(=O)Nc3ccc(Cl)cc3)c2N1. The molecule has 1 aliphatic rings. The lowest BCUT2D eigenvalue weighted by Gasteiger charge is -2.22. The molecule has 150 valence electrons. The summed E-state index contributed by atoms with van der Waals surface area (Å²) in [5.41, 5.74) is 1.74. The molecule has 2 aromatic carbocycles. The second kappa shape index (κ2) is 8.26. The van der Waals surface area contributed by atoms with Crippen LogP contribution in [0.25, 0.3) is 6.08 Å². The molecule has 4 rings (SSSR count). The number of nitrogens with one attached hydrogen (secondary N) is 2. The Balaban J connectivity index is 1.64. The zero-order chi connectivity index (χ0) is 21.1. The summed E-state index contributed by atoms with van der Waals surface area (Å²) < 4.78 is 1.57. The Labute approximate surface area is 177 Å². The third-order valence-corrected chi connectivity index (χ3v) is 4.78. The number of carbonyl (C=O) groups excluding carboxylic acids is 1. The van der Waals surface area contributed by atoms with Gasteiger partial charge in [-0.05, 0) is 35.9 Å². The largest absolute Gasteiger partial charge is 0.477 e. The number of nitrogens with zero attached hydrogens (tertiary/aromatic N) is 2. The van der Waals surface area contributed by atoms with Crippen LogP contribution in [0.1, 0.15) is 22.0 Å². The van der Waals surface area contributed by atoms with Gasteiger partial charge in [-0.25, -0.2) is 9.48 Å². The van der Waals surface area contributed by atoms with Crippen molar-refractivity contribution in [2.24, 2.45) is 0 Å². The number of allylic oxidation sites excluding steroid dienone is 2. The zero-order valence-corrected chi connectivity index (χ0v) is 16.4. The van der Waals surface area contributed by atoms with E-state index in [1.54, 1.807) is 35.0 Å². The van der Waals surface area contributed by atoms with Crippen LogP contribution in [0.2, 0.25) is 5.02 Å². The molecule has 2 heterocycles. The Morgan fingerprint density at radius 3 is 2.57 bits per heavy atom. The second-order valence-corrected chi connectivity index (χ2v) is 7.02. The number of hydrogen-bond acceptors (Lipinski definition) is 4. The van der Waals surface area contributed by atoms with Gasteiger partial charge >= 0.3 is 5.97 Å². The van der Waals surface area contributed by atoms with E-state index >= 15 is 0 Å². The lowest BCUT2D eigenvalue weighted by molar-refractivity contribution is -0.132. The molecule has 3 N–H and O–H groups in total. The summed E-state index contributed by atoms with van der Waals surface area (Å²) in [6.45, 7) is 0. The molecule has 1 atom stereocenters. The minimum absolute atomic E-state index is 0.0220. The van der Waals surface area contributed by atoms with Crippen molar-refractivity contribution < 1.29 is 14.7 Å². The number of benzene rings is 2. The molecule has 1 aliphatic heterocycles. The highest BCUT2D eigenvalue weighted by Gasteiger charge is 2.27. The van der Waals surface area contributed by atoms with Crippen LogP contribution in [-0.4, -0.2) is 26.8 Å². The minimum atomic E-state index is -1.12. The van der Waals surface area contributed by atoms with Gasteiger partial charge in [-0.15, -0.1) is 0 Å². The van der Waals surface area contributed by atoms with Gasteiger partial charge in [0.1, 0.15) is 17.1 Å². The number of amides is 1. The van der Waals surface area contributed by atoms with Crippen molar-refractivity contribution in [3.63, 3.8) is 0 Å². The summed E-state index contributed by atoms with van der Waals surface area (Å²) in [7, 11) is 0. The van der Waals surface area contributed by atoms with E-state index in [1.807, 2.05) is 42.5 Å². The van der Waals surface area contributed by atoms with Gasteiger partial charge < -0.3 is 15.7 Å². The highest BCUT2D eigenvalue weighted by Crippen LogP contribution is 2.29. The first-order valence-electron chi connectivity index (χ1n) is 9.11. The number of rotatable bonds is 5. The van der Waals surface area contributed by atoms with Crippen LogP contribution in [0, 0.1) is 0 Å². The predicted molar refractivity (Wildman–Crippen MR) is 115 cm³/mol. The molecule has 7 nitrogen and oxygen atoms in total. The van der Waals surface area contributed by atoms with Gasteiger partial charge in [0.15, 0.2) is 0 Å². The molecule has 0 aliphatic carbocycles. The quantitative estimate of drug-likeness (QED) is 0.567. The average Bonchev–Trinajstić information content (AvgIpc) is 3.18. The second-order valence-electron chi connectivity index (χ2n) is 6.58. The van der Waals surface area contributed by atoms with Crippen molar-refractivity contribution in [1.82, 2.24) is 9.78 Å². The standard InChI is InChI=1S/C22H17ClN4O3/c23-15-7-9-16(10-8-15)25-21(28)18-13-24-27-17(11-6-14-4-2-1-3-5-14)12-19(22(29)30)26-20(18)27/h1-13,17,26H,(H,25,28)(H,29,30)/b11-6+. The van der Waals surface area contributed by atoms with Crippen molar-refractivity contribution >= 4 is 41.1 Å². The number of carboxylic acids is 1. The van der Waals surface area contributed by atoms with E-state index in [4.69, 9.17) is 11.6 Å². The fraction of sp³-hybridized carbons (Fsp3) is 0.0455. The summed E-state index contributed by atoms with van der Waals surface area (Å²) in [5, 5.41) is 19.9. The molecule has 0 saturated carbocycles. The van der Waals surface area contributed by atoms with Gasteiger partial charge in [0.2, 0.25) is 0 Å². The Morgan fingerprint density at radius 2 is 1.87 bits per heavy atom. The monoisotopic (exact) mass is 420 g/mol. The molecule has 3 aromatic rings. The maximum atomic E-state index is 12.8. The topological polar surface area (TPSA) is 96.2 Å². The van der Waals surface area contributed by atoms with Crippen LogP contribution < -0.4 is 10.6 Å². The fourth-order valence-electron chi connectivity index (χ4n) is 3.06. The van der Waals surface area contributed by atoms with Crippen LogP contribution in [0.15, 0.2) is 78.6 Å². The fourth-order valence-corrected chi connectivity index (χ4v) is 3.18. The number of halogens is 1. The van der Waals surface area contributed by atoms with E-state index in [0.717, 1.165) is 5.56 Å². The van der Waals surface area contributed by atoms with E-state index in [0.29, 0.717) is 16.5 Å². The van der Waals surface area contributed by atoms with E-state index in [2.05, 4.69) is 15.7 Å². The lowest BCUT2D eigenvalue weighted by Crippen LogP contribution is -2.24. The summed E-state index contributed by atoms with van der Waals surface area (Å²) >= 11 is 5.87. The normalized spacial score (nSPS) is 15.2. The van der Waals surface area contributed by atoms with Gasteiger partial charge in [0.05, 0.1) is 12.2 Å². The van der Waals surface area contributed by atoms with E-state index in [9.17, 15) is 14.7 Å². The molecule has 0 saturated heterocycles. The number of anilines is 2. The van der Waals surface area contributed by atoms with Crippen molar-refractivity contribution in [2.45, 2.75) is 6.04 Å². The molecular weight excluding hydrogens is 404 g/mol. The van der Waals surface area contributed by atoms with Crippen molar-refractivity contribution in [1.29, 1.82) is 0 Å². The molecular formula is C22H17ClN4O3. The van der Waals surface area contributed by atoms with Crippen molar-refractivity contribution in [2.75, 3.05) is 10.6 Å². The zero-order valence-electron chi connectivity index (χ0n) is 15.6. The molecule has 8 heteroatoms. The average molecular weight is 421 g/mol. The molecule has 1 unspecified atom stereocenters. The van der Waals surface area contributed by atoms with Crippen LogP contribution in [0.4, 0.5) is 11.5 Å². The number of hydrogen-bond donors (Lipinski definition) is 3. The number of aromatic nitrogens is 2. The molecule has 1 amide bonds. The summed E-state index contributed by atoms with van der Waals surface area (Å²) in [6, 6.07) is 15.8. The maximum absolute atomic E-state index is 12.8. The smallest absolute Gasteiger partial charge is 0.352 e. The summed E-state index contributed by atoms with van der Waals surface area (Å²) in [5.74, 6) is -1.22. The summed E-state index contributed by atoms with van der Waals surface area (Å²) in [6.07, 6.45) is 6.67. The van der Waals surface area contributed by atoms with E-state index in [1.165, 1.54) is 6.20 Å². The van der Waals surface area contributed by atoms with Crippen LogP contribution in [0.3, 0.4) is 0 Å². The molecule has 1 aromatic heterocycles. The number of aliphatic carboxylic acids is 1. The van der Waals surface area contributed by atoms with Gasteiger partial charge in [0, 0.05) is 10.7 Å². The Hall–Kier alpha value is -3.84. The molecule has 0 spiro atoms. The van der Waals surface area contributed by atoms with Crippen LogP contribution in [0.5, 0.6) is 0 Å². The third kappa shape index (κ3) is 4.11. The van der Waals surface area contributed by atoms with E-state index in [-0.39, 0.29) is 11.3 Å². The lowest BCUT2D eigenvalue weighted by atomic mass is 10.1. The molecule has 0 bridgehead atoms. The Morgan fingerprint density at radius 1 is 1.13 bits per heavy atom. The first-order valence-corrected chi connectivity index (χ1v) is 9.49. The highest BCUT2D eigenvalue weighted by atomic mass is 35.5. The third-order valence-electron chi connectivity index (χ3n) is 4.53. The molecule has 30 heavy (non-hydrogen) atoms. The van der Waals surface area contributed by atoms with Gasteiger partial charge in [-0.2, -0.15) is 5.10 Å². The predicted octanol–water partition coefficient (Wildman–Crippen LogP) is 4.44. The first-order chi connectivity index (χ1) is 14.5. The Bertz CT molecular complexity index is 1150. The number of carboxylic acid groups (broad SMARTS) is 1. The van der Waals surface area contributed by atoms with Crippen LogP contribution >= 0.6 is 11.6 Å².